The first-order valence-electron chi connectivity index (χ1n) is 8.67. The van der Waals surface area contributed by atoms with Gasteiger partial charge in [-0.3, -0.25) is 4.99 Å². The molecule has 0 N–H and O–H groups in total. The summed E-state index contributed by atoms with van der Waals surface area (Å²) in [7, 11) is 3.33. The Balaban J connectivity index is 0.000000244. The highest BCUT2D eigenvalue weighted by atomic mass is 16.5. The SMILES string of the molecule is C=Cc1cccc(C=Nc2ccccc2OC)c1.COc1ccccc1C. The number of hydrogen-bond donors (Lipinski definition) is 0. The molecule has 0 unspecified atom stereocenters. The second-order valence-corrected chi connectivity index (χ2v) is 5.77. The Morgan fingerprint density at radius 2 is 1.41 bits per heavy atom. The van der Waals surface area contributed by atoms with Gasteiger partial charge >= 0.3 is 0 Å². The van der Waals surface area contributed by atoms with Crippen molar-refractivity contribution in [2.75, 3.05) is 14.2 Å². The van der Waals surface area contributed by atoms with Crippen LogP contribution >= 0.6 is 0 Å². The van der Waals surface area contributed by atoms with Gasteiger partial charge < -0.3 is 9.47 Å². The van der Waals surface area contributed by atoms with E-state index in [0.29, 0.717) is 0 Å². The number of ether oxygens (including phenoxy) is 2. The third-order valence-corrected chi connectivity index (χ3v) is 3.90. The van der Waals surface area contributed by atoms with E-state index in [1.54, 1.807) is 14.2 Å². The van der Waals surface area contributed by atoms with Crippen molar-refractivity contribution in [3.05, 3.63) is 96.1 Å². The Kier molecular flexibility index (Phi) is 7.86. The molecule has 3 rings (SSSR count). The number of para-hydroxylation sites is 3. The molecule has 0 saturated heterocycles. The van der Waals surface area contributed by atoms with Gasteiger partial charge in [0, 0.05) is 6.21 Å². The summed E-state index contributed by atoms with van der Waals surface area (Å²) in [4.78, 5) is 4.44. The molecule has 0 heterocycles. The number of rotatable bonds is 5. The Morgan fingerprint density at radius 3 is 2.04 bits per heavy atom. The van der Waals surface area contributed by atoms with E-state index in [1.165, 1.54) is 5.56 Å². The summed E-state index contributed by atoms with van der Waals surface area (Å²) < 4.78 is 10.3. The normalized spacial score (nSPS) is 10.0. The Hall–Kier alpha value is -3.33. The van der Waals surface area contributed by atoms with Crippen LogP contribution in [0.15, 0.2) is 84.4 Å². The van der Waals surface area contributed by atoms with Crippen LogP contribution in [0.4, 0.5) is 5.69 Å². The van der Waals surface area contributed by atoms with Crippen LogP contribution in [-0.4, -0.2) is 20.4 Å². The van der Waals surface area contributed by atoms with E-state index in [0.717, 1.165) is 28.3 Å². The van der Waals surface area contributed by atoms with Crippen molar-refractivity contribution in [1.29, 1.82) is 0 Å². The summed E-state index contributed by atoms with van der Waals surface area (Å²) in [5, 5.41) is 0. The maximum Gasteiger partial charge on any atom is 0.144 e. The highest BCUT2D eigenvalue weighted by Crippen LogP contribution is 2.26. The average molecular weight is 359 g/mol. The first-order valence-corrected chi connectivity index (χ1v) is 8.67. The molecule has 0 atom stereocenters. The zero-order valence-electron chi connectivity index (χ0n) is 16.1. The molecule has 3 aromatic carbocycles. The molecule has 138 valence electrons. The molecule has 0 aliphatic heterocycles. The van der Waals surface area contributed by atoms with Gasteiger partial charge in [-0.1, -0.05) is 61.2 Å². The van der Waals surface area contributed by atoms with Crippen LogP contribution in [0.3, 0.4) is 0 Å². The molecule has 0 saturated carbocycles. The third-order valence-electron chi connectivity index (χ3n) is 3.90. The van der Waals surface area contributed by atoms with Gasteiger partial charge in [0.15, 0.2) is 0 Å². The van der Waals surface area contributed by atoms with Crippen LogP contribution in [0.1, 0.15) is 16.7 Å². The van der Waals surface area contributed by atoms with Crippen LogP contribution in [0.25, 0.3) is 6.08 Å². The molecule has 0 aromatic heterocycles. The summed E-state index contributed by atoms with van der Waals surface area (Å²) >= 11 is 0. The number of nitrogens with zero attached hydrogens (tertiary/aromatic N) is 1. The fraction of sp³-hybridized carbons (Fsp3) is 0.125. The maximum atomic E-state index is 5.25. The van der Waals surface area contributed by atoms with Crippen LogP contribution < -0.4 is 9.47 Å². The van der Waals surface area contributed by atoms with Crippen molar-refractivity contribution in [3.63, 3.8) is 0 Å². The minimum atomic E-state index is 0.772. The lowest BCUT2D eigenvalue weighted by molar-refractivity contribution is 0.411. The lowest BCUT2D eigenvalue weighted by Gasteiger charge is -2.02. The summed E-state index contributed by atoms with van der Waals surface area (Å²) in [6.07, 6.45) is 3.64. The van der Waals surface area contributed by atoms with E-state index in [1.807, 2.05) is 92.0 Å². The number of methoxy groups -OCH3 is 2. The van der Waals surface area contributed by atoms with Crippen molar-refractivity contribution in [2.24, 2.45) is 4.99 Å². The highest BCUT2D eigenvalue weighted by Gasteiger charge is 1.98. The monoisotopic (exact) mass is 359 g/mol. The average Bonchev–Trinajstić information content (AvgIpc) is 2.73. The van der Waals surface area contributed by atoms with Gasteiger partial charge in [0.25, 0.3) is 0 Å². The van der Waals surface area contributed by atoms with Crippen molar-refractivity contribution in [2.45, 2.75) is 6.92 Å². The van der Waals surface area contributed by atoms with E-state index in [-0.39, 0.29) is 0 Å². The molecule has 3 aromatic rings. The Bertz CT molecular complexity index is 900. The molecule has 0 amide bonds. The highest BCUT2D eigenvalue weighted by molar-refractivity contribution is 5.83. The zero-order chi connectivity index (χ0) is 19.5. The van der Waals surface area contributed by atoms with Crippen molar-refractivity contribution >= 4 is 18.0 Å². The van der Waals surface area contributed by atoms with Crippen molar-refractivity contribution in [1.82, 2.24) is 0 Å². The summed E-state index contributed by atoms with van der Waals surface area (Å²) in [5.41, 5.74) is 4.13. The maximum absolute atomic E-state index is 5.25. The van der Waals surface area contributed by atoms with Gasteiger partial charge in [-0.05, 0) is 47.9 Å². The number of hydrogen-bond acceptors (Lipinski definition) is 3. The number of aliphatic imine (C=N–C) groups is 1. The molecule has 0 fully saturated rings. The van der Waals surface area contributed by atoms with Crippen molar-refractivity contribution < 1.29 is 9.47 Å². The largest absolute Gasteiger partial charge is 0.496 e. The molecule has 0 radical (unpaired) electrons. The molecule has 27 heavy (non-hydrogen) atoms. The van der Waals surface area contributed by atoms with E-state index in [9.17, 15) is 0 Å². The minimum absolute atomic E-state index is 0.772. The first kappa shape index (κ1) is 20.0. The minimum Gasteiger partial charge on any atom is -0.496 e. The van der Waals surface area contributed by atoms with E-state index in [4.69, 9.17) is 9.47 Å². The van der Waals surface area contributed by atoms with Crippen LogP contribution in [0, 0.1) is 6.92 Å². The molecule has 0 bridgehead atoms. The number of aryl methyl sites for hydroxylation is 1. The Labute approximate surface area is 161 Å². The summed E-state index contributed by atoms with van der Waals surface area (Å²) in [6.45, 7) is 5.78. The molecule has 0 aliphatic rings. The molecular weight excluding hydrogens is 334 g/mol. The molecule has 3 nitrogen and oxygen atoms in total. The predicted octanol–water partition coefficient (Wildman–Crippen LogP) is 6.09. The molecule has 3 heteroatoms. The van der Waals surface area contributed by atoms with Gasteiger partial charge in [-0.25, -0.2) is 0 Å². The molecule has 0 spiro atoms. The van der Waals surface area contributed by atoms with E-state index >= 15 is 0 Å². The predicted molar refractivity (Wildman–Crippen MR) is 115 cm³/mol. The van der Waals surface area contributed by atoms with Gasteiger partial charge in [0.05, 0.1) is 14.2 Å². The fourth-order valence-corrected chi connectivity index (χ4v) is 2.43. The van der Waals surface area contributed by atoms with Gasteiger partial charge in [0.2, 0.25) is 0 Å². The van der Waals surface area contributed by atoms with Crippen LogP contribution in [0.5, 0.6) is 11.5 Å². The standard InChI is InChI=1S/C16H15NO.C8H10O/c1-3-13-7-6-8-14(11-13)12-17-15-9-4-5-10-16(15)18-2;1-7-5-3-4-6-8(7)9-2/h3-12H,1H2,2H3;3-6H,1-2H3. The van der Waals surface area contributed by atoms with Crippen LogP contribution in [-0.2, 0) is 0 Å². The first-order chi connectivity index (χ1) is 13.2. The second-order valence-electron chi connectivity index (χ2n) is 5.77. The quantitative estimate of drug-likeness (QED) is 0.516. The summed E-state index contributed by atoms with van der Waals surface area (Å²) in [6, 6.07) is 23.7. The zero-order valence-corrected chi connectivity index (χ0v) is 16.1. The topological polar surface area (TPSA) is 30.8 Å². The lowest BCUT2D eigenvalue weighted by atomic mass is 10.1. The smallest absolute Gasteiger partial charge is 0.144 e. The van der Waals surface area contributed by atoms with Gasteiger partial charge in [-0.15, -0.1) is 0 Å². The van der Waals surface area contributed by atoms with E-state index in [2.05, 4.69) is 11.6 Å². The Morgan fingerprint density at radius 1 is 0.778 bits per heavy atom. The lowest BCUT2D eigenvalue weighted by Crippen LogP contribution is -1.84. The number of benzene rings is 3. The van der Waals surface area contributed by atoms with Crippen LogP contribution in [0.2, 0.25) is 0 Å². The second kappa shape index (κ2) is 10.6. The van der Waals surface area contributed by atoms with Crippen molar-refractivity contribution in [3.8, 4) is 11.5 Å². The van der Waals surface area contributed by atoms with Gasteiger partial charge in [0.1, 0.15) is 17.2 Å². The van der Waals surface area contributed by atoms with E-state index < -0.39 is 0 Å². The fourth-order valence-electron chi connectivity index (χ4n) is 2.43. The van der Waals surface area contributed by atoms with Gasteiger partial charge in [-0.2, -0.15) is 0 Å². The third kappa shape index (κ3) is 6.15. The summed E-state index contributed by atoms with van der Waals surface area (Å²) in [5.74, 6) is 1.73. The molecular formula is C24H25NO2. The molecule has 0 aliphatic carbocycles.